The molecule has 0 spiro atoms. The Morgan fingerprint density at radius 1 is 1.13 bits per heavy atom. The molecule has 1 amide bonds. The number of amides is 1. The Morgan fingerprint density at radius 3 is 2.26 bits per heavy atom. The van der Waals surface area contributed by atoms with Crippen LogP contribution in [0.5, 0.6) is 0 Å². The van der Waals surface area contributed by atoms with Crippen molar-refractivity contribution in [1.82, 2.24) is 5.32 Å². The van der Waals surface area contributed by atoms with Crippen molar-refractivity contribution in [2.24, 2.45) is 0 Å². The molecule has 10 atom stereocenters. The molecule has 38 heavy (non-hydrogen) atoms. The molecule has 0 saturated carbocycles. The minimum absolute atomic E-state index is 0.0102. The Labute approximate surface area is 219 Å². The molecule has 1 aliphatic rings. The summed E-state index contributed by atoms with van der Waals surface area (Å²) >= 11 is 0. The van der Waals surface area contributed by atoms with Gasteiger partial charge in [0.15, 0.2) is 12.1 Å². The lowest BCUT2D eigenvalue weighted by molar-refractivity contribution is -0.315. The van der Waals surface area contributed by atoms with Crippen molar-refractivity contribution in [3.8, 4) is 12.3 Å². The molecule has 0 radical (unpaired) electrons. The summed E-state index contributed by atoms with van der Waals surface area (Å²) in [5, 5.41) is 97.9. The first-order chi connectivity index (χ1) is 17.8. The second-order valence-corrected chi connectivity index (χ2v) is 8.59. The molecule has 1 fully saturated rings. The molecule has 0 bridgehead atoms. The third-order valence-corrected chi connectivity index (χ3v) is 5.42. The van der Waals surface area contributed by atoms with Gasteiger partial charge in [-0.3, -0.25) is 9.59 Å². The Kier molecular flexibility index (Phi) is 17.4. The van der Waals surface area contributed by atoms with Gasteiger partial charge in [-0.25, -0.2) is 0 Å². The van der Waals surface area contributed by atoms with Crippen LogP contribution in [-0.4, -0.2) is 151 Å². The normalized spacial score (nSPS) is 27.9. The molecule has 0 aliphatic carbocycles. The lowest BCUT2D eigenvalue weighted by atomic mass is 9.95. The van der Waals surface area contributed by atoms with Crippen molar-refractivity contribution in [2.45, 2.75) is 87.0 Å². The molecule has 11 N–H and O–H groups in total. The molecule has 0 aromatic carbocycles. The first-order valence-electron chi connectivity index (χ1n) is 11.5. The predicted molar refractivity (Wildman–Crippen MR) is 125 cm³/mol. The highest BCUT2D eigenvalue weighted by atomic mass is 16.7. The molecule has 1 aliphatic heterocycles. The van der Waals surface area contributed by atoms with Crippen LogP contribution in [0.25, 0.3) is 0 Å². The molecular weight excluding hydrogens is 518 g/mol. The van der Waals surface area contributed by atoms with E-state index in [1.165, 1.54) is 0 Å². The van der Waals surface area contributed by atoms with Gasteiger partial charge in [0.2, 0.25) is 5.91 Å². The van der Waals surface area contributed by atoms with E-state index in [1.54, 1.807) is 0 Å². The molecule has 16 heteroatoms. The van der Waals surface area contributed by atoms with Gasteiger partial charge in [0.25, 0.3) is 6.47 Å². The lowest BCUT2D eigenvalue weighted by Crippen LogP contribution is -2.60. The van der Waals surface area contributed by atoms with Crippen LogP contribution in [0.3, 0.4) is 0 Å². The Bertz CT molecular complexity index is 717. The highest BCUT2D eigenvalue weighted by molar-refractivity contribution is 5.77. The molecule has 1 saturated heterocycles. The van der Waals surface area contributed by atoms with E-state index >= 15 is 0 Å². The molecular formula is C22H39NO15. The van der Waals surface area contributed by atoms with Gasteiger partial charge in [0, 0.05) is 12.8 Å². The second-order valence-electron chi connectivity index (χ2n) is 8.59. The fourth-order valence-electron chi connectivity index (χ4n) is 3.38. The number of carbonyl (C=O) groups is 2. The van der Waals surface area contributed by atoms with E-state index in [1.807, 2.05) is 0 Å². The van der Waals surface area contributed by atoms with Crippen LogP contribution >= 0.6 is 0 Å². The second kappa shape index (κ2) is 18.3. The quantitative estimate of drug-likeness (QED) is 0.0388. The fourth-order valence-corrected chi connectivity index (χ4v) is 3.38. The molecule has 7 unspecified atom stereocenters. The van der Waals surface area contributed by atoms with Crippen LogP contribution in [0, 0.1) is 12.3 Å². The van der Waals surface area contributed by atoms with Gasteiger partial charge in [0.1, 0.15) is 37.1 Å². The van der Waals surface area contributed by atoms with Crippen LogP contribution in [0.15, 0.2) is 0 Å². The third-order valence-electron chi connectivity index (χ3n) is 5.42. The van der Waals surface area contributed by atoms with Crippen molar-refractivity contribution in [3.63, 3.8) is 0 Å². The van der Waals surface area contributed by atoms with Crippen molar-refractivity contribution < 1.29 is 74.9 Å². The summed E-state index contributed by atoms with van der Waals surface area (Å²) in [5.74, 6) is -0.667. The topological polar surface area (TPSA) is 276 Å². The number of aliphatic hydroxyl groups excluding tert-OH is 8. The number of ether oxygens (including phenoxy) is 3. The Hall–Kier alpha value is -1.98. The average Bonchev–Trinajstić information content (AvgIpc) is 2.87. The van der Waals surface area contributed by atoms with E-state index in [4.69, 9.17) is 40.7 Å². The minimum Gasteiger partial charge on any atom is -0.483 e. The number of hydrogen-bond acceptors (Lipinski definition) is 14. The lowest BCUT2D eigenvalue weighted by Gasteiger charge is -2.41. The summed E-state index contributed by atoms with van der Waals surface area (Å²) in [6, 6.07) is -1.26. The van der Waals surface area contributed by atoms with Gasteiger partial charge in [-0.15, -0.1) is 12.3 Å². The van der Waals surface area contributed by atoms with Gasteiger partial charge < -0.3 is 70.6 Å². The van der Waals surface area contributed by atoms with E-state index < -0.39 is 99.4 Å². The first-order valence-corrected chi connectivity index (χ1v) is 11.5. The fraction of sp³-hybridized carbons (Fsp3) is 0.818. The zero-order valence-electron chi connectivity index (χ0n) is 20.8. The molecule has 1 heterocycles. The summed E-state index contributed by atoms with van der Waals surface area (Å²) in [7, 11) is 0. The maximum absolute atomic E-state index is 11.6. The minimum atomic E-state index is -2.09. The van der Waals surface area contributed by atoms with Crippen LogP contribution in [0.2, 0.25) is 0 Å². The van der Waals surface area contributed by atoms with Gasteiger partial charge in [0.05, 0.1) is 38.1 Å². The standard InChI is InChI=1S/C21H37NO13.CH2O2/c1-3-4-5-33-20-19(31)18(30)17(29)15(35-20)10-34-21(2,32)7-13(26)11(22-16(28)9-24)6-12(25)14(27)8-23;2-1-3/h1,11-15,17-20,23-27,29-32H,4-10H2,2H3,(H,22,28);1H,(H,2,3)/t11?,12?,13-,14+,15?,17?,18?,19+,20?,21?;/m0./s1. The zero-order valence-corrected chi connectivity index (χ0v) is 20.8. The zero-order chi connectivity index (χ0) is 29.5. The third kappa shape index (κ3) is 12.7. The summed E-state index contributed by atoms with van der Waals surface area (Å²) < 4.78 is 16.0. The van der Waals surface area contributed by atoms with E-state index in [0.29, 0.717) is 0 Å². The molecule has 0 aromatic rings. The molecule has 0 aromatic heterocycles. The number of nitrogens with one attached hydrogen (secondary N) is 1. The Morgan fingerprint density at radius 2 is 1.74 bits per heavy atom. The van der Waals surface area contributed by atoms with E-state index in [0.717, 1.165) is 6.92 Å². The summed E-state index contributed by atoms with van der Waals surface area (Å²) in [4.78, 5) is 20.0. The maximum Gasteiger partial charge on any atom is 0.290 e. The molecule has 1 rings (SSSR count). The maximum atomic E-state index is 11.6. The Balaban J connectivity index is 0.00000434. The highest BCUT2D eigenvalue weighted by Crippen LogP contribution is 2.25. The predicted octanol–water partition coefficient (Wildman–Crippen LogP) is -5.41. The average molecular weight is 558 g/mol. The van der Waals surface area contributed by atoms with E-state index in [-0.39, 0.29) is 19.5 Å². The van der Waals surface area contributed by atoms with E-state index in [9.17, 15) is 40.5 Å². The molecule has 222 valence electrons. The van der Waals surface area contributed by atoms with Crippen LogP contribution < -0.4 is 5.32 Å². The van der Waals surface area contributed by atoms with Crippen molar-refractivity contribution in [2.75, 3.05) is 26.4 Å². The van der Waals surface area contributed by atoms with E-state index in [2.05, 4.69) is 11.2 Å². The van der Waals surface area contributed by atoms with Gasteiger partial charge in [-0.05, 0) is 13.3 Å². The van der Waals surface area contributed by atoms with Gasteiger partial charge in [-0.1, -0.05) is 0 Å². The van der Waals surface area contributed by atoms with Gasteiger partial charge >= 0.3 is 0 Å². The van der Waals surface area contributed by atoms with Crippen molar-refractivity contribution in [1.29, 1.82) is 0 Å². The largest absolute Gasteiger partial charge is 0.483 e. The number of carboxylic acid groups (broad SMARTS) is 1. The van der Waals surface area contributed by atoms with Crippen molar-refractivity contribution in [3.05, 3.63) is 0 Å². The first kappa shape index (κ1) is 36.0. The highest BCUT2D eigenvalue weighted by Gasteiger charge is 2.45. The van der Waals surface area contributed by atoms with Gasteiger partial charge in [-0.2, -0.15) is 0 Å². The number of hydrogen-bond donors (Lipinski definition) is 11. The van der Waals surface area contributed by atoms with Crippen LogP contribution in [-0.2, 0) is 23.8 Å². The monoisotopic (exact) mass is 557 g/mol. The van der Waals surface area contributed by atoms with Crippen LogP contribution in [0.4, 0.5) is 0 Å². The number of aliphatic hydroxyl groups is 9. The summed E-state index contributed by atoms with van der Waals surface area (Å²) in [6.07, 6.45) is -7.73. The number of rotatable bonds is 15. The number of terminal acetylenes is 1. The van der Waals surface area contributed by atoms with Crippen LogP contribution in [0.1, 0.15) is 26.2 Å². The SMILES string of the molecule is C#CCCOC1OC(COC(C)(O)C[C@H](O)C(CC(O)[C@H](O)CO)NC(=O)CO)C(O)C(O)[C@H]1O.O=CO. The summed E-state index contributed by atoms with van der Waals surface area (Å²) in [6.45, 7) is -1.31. The van der Waals surface area contributed by atoms with Crippen molar-refractivity contribution >= 4 is 12.4 Å². The smallest absolute Gasteiger partial charge is 0.290 e. The molecule has 16 nitrogen and oxygen atoms in total. The summed E-state index contributed by atoms with van der Waals surface area (Å²) in [5.41, 5.74) is 0. The number of carbonyl (C=O) groups excluding carboxylic acids is 1.